The predicted molar refractivity (Wildman–Crippen MR) is 98.3 cm³/mol. The summed E-state index contributed by atoms with van der Waals surface area (Å²) in [5.41, 5.74) is -1.70. The first kappa shape index (κ1) is 17.4. The van der Waals surface area contributed by atoms with E-state index in [0.29, 0.717) is 0 Å². The first-order valence-corrected chi connectivity index (χ1v) is 8.93. The van der Waals surface area contributed by atoms with Gasteiger partial charge in [0.1, 0.15) is 16.6 Å². The number of carbonyl (C=O) groups excluding carboxylic acids is 2. The van der Waals surface area contributed by atoms with Crippen molar-refractivity contribution in [1.29, 1.82) is 0 Å². The predicted octanol–water partition coefficient (Wildman–Crippen LogP) is 4.57. The molecule has 0 spiro atoms. The SMILES string of the molecule is Cc1ccc(C2(F)C(=O)Nc3scc(-c4ccc(F)cc4O)c3C2=O)cc1. The van der Waals surface area contributed by atoms with E-state index in [1.165, 1.54) is 23.6 Å². The molecule has 136 valence electrons. The molecular formula is C20H13F2NO3S. The highest BCUT2D eigenvalue weighted by molar-refractivity contribution is 7.15. The van der Waals surface area contributed by atoms with Crippen molar-refractivity contribution in [2.45, 2.75) is 12.6 Å². The number of nitrogens with one attached hydrogen (secondary N) is 1. The lowest BCUT2D eigenvalue weighted by Crippen LogP contribution is -2.47. The van der Waals surface area contributed by atoms with Crippen molar-refractivity contribution in [3.05, 3.63) is 70.4 Å². The number of phenolic OH excluding ortho intramolecular Hbond substituents is 1. The maximum Gasteiger partial charge on any atom is 0.275 e. The highest BCUT2D eigenvalue weighted by atomic mass is 32.1. The van der Waals surface area contributed by atoms with Crippen LogP contribution in [0, 0.1) is 12.7 Å². The van der Waals surface area contributed by atoms with Crippen LogP contribution >= 0.6 is 11.3 Å². The first-order chi connectivity index (χ1) is 12.8. The van der Waals surface area contributed by atoms with Crippen molar-refractivity contribution in [3.8, 4) is 16.9 Å². The second-order valence-corrected chi connectivity index (χ2v) is 7.20. The molecule has 4 nitrogen and oxygen atoms in total. The number of thiophene rings is 1. The molecule has 0 saturated heterocycles. The summed E-state index contributed by atoms with van der Waals surface area (Å²) in [6.45, 7) is 1.81. The summed E-state index contributed by atoms with van der Waals surface area (Å²) >= 11 is 1.04. The van der Waals surface area contributed by atoms with Crippen molar-refractivity contribution in [2.75, 3.05) is 5.32 Å². The molecule has 0 radical (unpaired) electrons. The highest BCUT2D eigenvalue weighted by Crippen LogP contribution is 2.47. The minimum absolute atomic E-state index is 0.0374. The highest BCUT2D eigenvalue weighted by Gasteiger charge is 2.53. The molecular weight excluding hydrogens is 372 g/mol. The Morgan fingerprint density at radius 2 is 1.78 bits per heavy atom. The van der Waals surface area contributed by atoms with E-state index in [-0.39, 0.29) is 33.0 Å². The monoisotopic (exact) mass is 385 g/mol. The van der Waals surface area contributed by atoms with Crippen LogP contribution < -0.4 is 5.32 Å². The summed E-state index contributed by atoms with van der Waals surface area (Å²) in [7, 11) is 0. The van der Waals surface area contributed by atoms with Crippen LogP contribution in [0.2, 0.25) is 0 Å². The molecule has 1 aliphatic rings. The third-order valence-corrected chi connectivity index (χ3v) is 5.47. The number of amides is 1. The molecule has 7 heteroatoms. The number of halogens is 2. The second kappa shape index (κ2) is 5.99. The Bertz CT molecular complexity index is 1090. The number of hydrogen-bond acceptors (Lipinski definition) is 4. The molecule has 1 amide bonds. The van der Waals surface area contributed by atoms with Gasteiger partial charge in [-0.05, 0) is 19.1 Å². The van der Waals surface area contributed by atoms with Gasteiger partial charge in [-0.1, -0.05) is 29.8 Å². The van der Waals surface area contributed by atoms with Crippen LogP contribution in [-0.4, -0.2) is 16.8 Å². The van der Waals surface area contributed by atoms with E-state index in [1.54, 1.807) is 12.1 Å². The van der Waals surface area contributed by atoms with Gasteiger partial charge in [0, 0.05) is 28.1 Å². The summed E-state index contributed by atoms with van der Waals surface area (Å²) in [6.07, 6.45) is 0. The van der Waals surface area contributed by atoms with Crippen molar-refractivity contribution in [2.24, 2.45) is 0 Å². The van der Waals surface area contributed by atoms with E-state index in [0.717, 1.165) is 29.0 Å². The normalized spacial score (nSPS) is 18.9. The zero-order valence-electron chi connectivity index (χ0n) is 14.0. The van der Waals surface area contributed by atoms with Gasteiger partial charge in [-0.2, -0.15) is 0 Å². The molecule has 1 aliphatic heterocycles. The fourth-order valence-electron chi connectivity index (χ4n) is 3.12. The largest absolute Gasteiger partial charge is 0.507 e. The first-order valence-electron chi connectivity index (χ1n) is 8.05. The molecule has 0 aliphatic carbocycles. The van der Waals surface area contributed by atoms with Gasteiger partial charge in [-0.15, -0.1) is 11.3 Å². The van der Waals surface area contributed by atoms with E-state index in [1.807, 2.05) is 6.92 Å². The average molecular weight is 385 g/mol. The molecule has 1 atom stereocenters. The molecule has 3 aromatic rings. The minimum atomic E-state index is -2.88. The van der Waals surface area contributed by atoms with E-state index in [2.05, 4.69) is 5.32 Å². The van der Waals surface area contributed by atoms with Crippen LogP contribution in [0.5, 0.6) is 5.75 Å². The van der Waals surface area contributed by atoms with Crippen LogP contribution in [0.25, 0.3) is 11.1 Å². The van der Waals surface area contributed by atoms with E-state index in [9.17, 15) is 19.1 Å². The summed E-state index contributed by atoms with van der Waals surface area (Å²) in [4.78, 5) is 25.5. The van der Waals surface area contributed by atoms with Gasteiger partial charge >= 0.3 is 0 Å². The molecule has 27 heavy (non-hydrogen) atoms. The number of benzene rings is 2. The average Bonchev–Trinajstić information content (AvgIpc) is 3.03. The number of rotatable bonds is 2. The number of aryl methyl sites for hydroxylation is 1. The maximum atomic E-state index is 15.8. The van der Waals surface area contributed by atoms with Gasteiger partial charge < -0.3 is 10.4 Å². The van der Waals surface area contributed by atoms with Gasteiger partial charge in [-0.3, -0.25) is 9.59 Å². The quantitative estimate of drug-likeness (QED) is 0.635. The van der Waals surface area contributed by atoms with Gasteiger partial charge in [0.2, 0.25) is 5.78 Å². The smallest absolute Gasteiger partial charge is 0.275 e. The molecule has 0 saturated carbocycles. The molecule has 1 aromatic heterocycles. The van der Waals surface area contributed by atoms with Crippen LogP contribution in [0.15, 0.2) is 47.8 Å². The molecule has 4 rings (SSSR count). The van der Waals surface area contributed by atoms with Crippen LogP contribution in [0.4, 0.5) is 13.8 Å². The fourth-order valence-corrected chi connectivity index (χ4v) is 4.07. The van der Waals surface area contributed by atoms with Crippen molar-refractivity contribution >= 4 is 28.0 Å². The lowest BCUT2D eigenvalue weighted by atomic mass is 9.82. The molecule has 2 N–H and O–H groups in total. The number of Topliss-reactive ketones (excluding diaryl/α,β-unsaturated/α-hetero) is 1. The van der Waals surface area contributed by atoms with E-state index < -0.39 is 23.2 Å². The molecule has 0 fully saturated rings. The lowest BCUT2D eigenvalue weighted by Gasteiger charge is -2.28. The van der Waals surface area contributed by atoms with Gasteiger partial charge in [0.25, 0.3) is 11.6 Å². The Labute approximate surface area is 157 Å². The van der Waals surface area contributed by atoms with Gasteiger partial charge in [0.15, 0.2) is 0 Å². The Morgan fingerprint density at radius 1 is 1.07 bits per heavy atom. The van der Waals surface area contributed by atoms with Gasteiger partial charge in [0.05, 0.1) is 5.56 Å². The summed E-state index contributed by atoms with van der Waals surface area (Å²) in [5, 5.41) is 14.2. The zero-order valence-corrected chi connectivity index (χ0v) is 14.9. The Balaban J connectivity index is 1.89. The standard InChI is InChI=1S/C20H13F2NO3S/c1-10-2-4-11(5-3-10)20(22)17(25)16-14(9-27-18(16)23-19(20)26)13-7-6-12(21)8-15(13)24/h2-9,24H,1H3,(H,23,26). The number of hydrogen-bond donors (Lipinski definition) is 2. The van der Waals surface area contributed by atoms with Crippen LogP contribution in [0.1, 0.15) is 21.5 Å². The molecule has 0 bridgehead atoms. The van der Waals surface area contributed by atoms with Crippen molar-refractivity contribution in [1.82, 2.24) is 0 Å². The Hall–Kier alpha value is -3.06. The molecule has 1 unspecified atom stereocenters. The number of aromatic hydroxyl groups is 1. The number of ketones is 1. The van der Waals surface area contributed by atoms with Crippen LogP contribution in [-0.2, 0) is 10.5 Å². The minimum Gasteiger partial charge on any atom is -0.507 e. The number of carbonyl (C=O) groups is 2. The maximum absolute atomic E-state index is 15.8. The lowest BCUT2D eigenvalue weighted by molar-refractivity contribution is -0.125. The summed E-state index contributed by atoms with van der Waals surface area (Å²) < 4.78 is 29.1. The number of anilines is 1. The number of alkyl halides is 1. The third-order valence-electron chi connectivity index (χ3n) is 4.57. The fraction of sp³-hybridized carbons (Fsp3) is 0.100. The Morgan fingerprint density at radius 3 is 2.44 bits per heavy atom. The van der Waals surface area contributed by atoms with Gasteiger partial charge in [-0.25, -0.2) is 8.78 Å². The summed E-state index contributed by atoms with van der Waals surface area (Å²) in [6, 6.07) is 9.39. The molecule has 2 aromatic carbocycles. The van der Waals surface area contributed by atoms with Crippen molar-refractivity contribution < 1.29 is 23.5 Å². The Kier molecular flexibility index (Phi) is 3.85. The second-order valence-electron chi connectivity index (χ2n) is 6.32. The molecule has 2 heterocycles. The van der Waals surface area contributed by atoms with Crippen LogP contribution in [0.3, 0.4) is 0 Å². The summed E-state index contributed by atoms with van der Waals surface area (Å²) in [5.74, 6) is -3.08. The zero-order chi connectivity index (χ0) is 19.3. The topological polar surface area (TPSA) is 66.4 Å². The third kappa shape index (κ3) is 2.54. The van der Waals surface area contributed by atoms with E-state index in [4.69, 9.17) is 0 Å². The van der Waals surface area contributed by atoms with Crippen molar-refractivity contribution in [3.63, 3.8) is 0 Å². The number of phenols is 1. The van der Waals surface area contributed by atoms with E-state index >= 15 is 4.39 Å². The number of fused-ring (bicyclic) bond motifs is 1.